The van der Waals surface area contributed by atoms with E-state index in [1.165, 1.54) is 30.3 Å². The number of aromatic nitrogens is 6. The first-order chi connectivity index (χ1) is 25.6. The molecular weight excluding hydrogens is 751 g/mol. The Morgan fingerprint density at radius 1 is 1.05 bits per heavy atom. The standard InChI is InChI=1S/C36H42ClF5N10O3/c1-33(2,3)15-16-44-31(43)50(30(53)22-9-7-21(8-10-22)25-18-46-52(49-25)34(4,5)6)27(19-55-32(54)48-35(13-14-35)36(40,41)42)23-11-12-24(37)26(17-23)51-29(28(38)39)45-20-47-51/h7-12,17-18,20,27-28H,13-16,19H2,1-6H3,(H2,43,44)(H,48,54)/t27-/m1/s1. The van der Waals surface area contributed by atoms with Gasteiger partial charge in [0.05, 0.1) is 28.5 Å². The maximum atomic E-state index is 14.6. The van der Waals surface area contributed by atoms with E-state index in [-0.39, 0.29) is 58.1 Å². The van der Waals surface area contributed by atoms with Gasteiger partial charge in [-0.3, -0.25) is 14.7 Å². The summed E-state index contributed by atoms with van der Waals surface area (Å²) in [4.78, 5) is 38.2. The number of carbonyl (C=O) groups excluding carboxylic acids is 2. The van der Waals surface area contributed by atoms with E-state index in [9.17, 15) is 31.5 Å². The van der Waals surface area contributed by atoms with Gasteiger partial charge in [0.15, 0.2) is 11.8 Å². The number of benzene rings is 2. The number of hydrogen-bond acceptors (Lipinski definition) is 8. The van der Waals surface area contributed by atoms with Gasteiger partial charge in [0.1, 0.15) is 24.2 Å². The van der Waals surface area contributed by atoms with Crippen LogP contribution < -0.4 is 11.1 Å². The average molecular weight is 793 g/mol. The van der Waals surface area contributed by atoms with Crippen LogP contribution in [0, 0.1) is 5.41 Å². The molecule has 2 aromatic carbocycles. The molecular formula is C36H42ClF5N10O3. The Balaban J connectivity index is 1.58. The third-order valence-corrected chi connectivity index (χ3v) is 9.11. The molecule has 0 unspecified atom stereocenters. The molecule has 5 rings (SSSR count). The van der Waals surface area contributed by atoms with Crippen LogP contribution in [0.1, 0.15) is 95.0 Å². The topological polar surface area (TPSA) is 158 Å². The molecule has 1 atom stereocenters. The molecule has 0 bridgehead atoms. The zero-order valence-corrected chi connectivity index (χ0v) is 31.8. The lowest BCUT2D eigenvalue weighted by Crippen LogP contribution is -2.49. The van der Waals surface area contributed by atoms with E-state index < -0.39 is 48.6 Å². The minimum Gasteiger partial charge on any atom is -0.447 e. The van der Waals surface area contributed by atoms with Crippen LogP contribution in [0.3, 0.4) is 0 Å². The Kier molecular flexibility index (Phi) is 11.6. The van der Waals surface area contributed by atoms with E-state index in [4.69, 9.17) is 22.1 Å². The van der Waals surface area contributed by atoms with Crippen molar-refractivity contribution in [3.63, 3.8) is 0 Å². The smallest absolute Gasteiger partial charge is 0.411 e. The summed E-state index contributed by atoms with van der Waals surface area (Å²) in [6.07, 6.45) is -6.78. The Morgan fingerprint density at radius 2 is 1.73 bits per heavy atom. The minimum absolute atomic E-state index is 0.0295. The van der Waals surface area contributed by atoms with Crippen molar-refractivity contribution < 1.29 is 36.3 Å². The van der Waals surface area contributed by atoms with E-state index >= 15 is 0 Å². The maximum Gasteiger partial charge on any atom is 0.411 e. The van der Waals surface area contributed by atoms with Gasteiger partial charge in [-0.05, 0) is 75.3 Å². The summed E-state index contributed by atoms with van der Waals surface area (Å²) in [6.45, 7) is 11.2. The highest BCUT2D eigenvalue weighted by molar-refractivity contribution is 6.32. The van der Waals surface area contributed by atoms with Gasteiger partial charge in [-0.2, -0.15) is 33.3 Å². The fourth-order valence-corrected chi connectivity index (χ4v) is 5.62. The lowest BCUT2D eigenvalue weighted by atomic mass is 9.92. The summed E-state index contributed by atoms with van der Waals surface area (Å²) < 4.78 is 75.1. The van der Waals surface area contributed by atoms with E-state index in [0.717, 1.165) is 15.9 Å². The second-order valence-corrected chi connectivity index (χ2v) is 15.8. The zero-order valence-electron chi connectivity index (χ0n) is 31.0. The highest BCUT2D eigenvalue weighted by Gasteiger charge is 2.64. The molecule has 1 fully saturated rings. The minimum atomic E-state index is -4.73. The van der Waals surface area contributed by atoms with Crippen LogP contribution >= 0.6 is 11.6 Å². The molecule has 55 heavy (non-hydrogen) atoms. The summed E-state index contributed by atoms with van der Waals surface area (Å²) in [5.41, 5.74) is 4.94. The van der Waals surface area contributed by atoms with Crippen LogP contribution in [0.2, 0.25) is 5.02 Å². The third-order valence-electron chi connectivity index (χ3n) is 8.79. The molecule has 1 aliphatic carbocycles. The van der Waals surface area contributed by atoms with Gasteiger partial charge >= 0.3 is 12.3 Å². The number of guanidine groups is 1. The number of alkyl halides is 5. The zero-order chi connectivity index (χ0) is 40.5. The number of hydrogen-bond donors (Lipinski definition) is 2. The average Bonchev–Trinajstić information content (AvgIpc) is 3.47. The predicted molar refractivity (Wildman–Crippen MR) is 194 cm³/mol. The van der Waals surface area contributed by atoms with Crippen molar-refractivity contribution in [2.24, 2.45) is 16.1 Å². The number of aliphatic imine (C=N–C) groups is 1. The molecule has 296 valence electrons. The second kappa shape index (κ2) is 15.5. The van der Waals surface area contributed by atoms with Gasteiger partial charge in [-0.25, -0.2) is 23.2 Å². The van der Waals surface area contributed by atoms with Gasteiger partial charge in [0.25, 0.3) is 12.3 Å². The van der Waals surface area contributed by atoms with Crippen molar-refractivity contribution in [1.82, 2.24) is 40.0 Å². The van der Waals surface area contributed by atoms with Crippen molar-refractivity contribution in [1.29, 1.82) is 0 Å². The first-order valence-electron chi connectivity index (χ1n) is 17.3. The Hall–Kier alpha value is -5.13. The summed E-state index contributed by atoms with van der Waals surface area (Å²) >= 11 is 6.45. The molecule has 2 heterocycles. The lowest BCUT2D eigenvalue weighted by Gasteiger charge is -2.32. The fourth-order valence-electron chi connectivity index (χ4n) is 5.42. The summed E-state index contributed by atoms with van der Waals surface area (Å²) in [7, 11) is 0. The number of alkyl carbamates (subject to hydrolysis) is 1. The van der Waals surface area contributed by atoms with Crippen LogP contribution in [0.5, 0.6) is 0 Å². The van der Waals surface area contributed by atoms with Crippen molar-refractivity contribution in [2.45, 2.75) is 90.5 Å². The van der Waals surface area contributed by atoms with Crippen molar-refractivity contribution >= 4 is 29.6 Å². The number of nitrogens with two attached hydrogens (primary N) is 1. The number of rotatable bonds is 11. The number of nitrogens with one attached hydrogen (secondary N) is 1. The van der Waals surface area contributed by atoms with E-state index in [0.29, 0.717) is 17.7 Å². The van der Waals surface area contributed by atoms with Gasteiger partial charge in [-0.1, -0.05) is 50.6 Å². The Bertz CT molecular complexity index is 2030. The molecule has 13 nitrogen and oxygen atoms in total. The number of carbonyl (C=O) groups is 2. The molecule has 1 aliphatic rings. The van der Waals surface area contributed by atoms with E-state index in [1.54, 1.807) is 23.1 Å². The third kappa shape index (κ3) is 9.58. The van der Waals surface area contributed by atoms with Crippen molar-refractivity contribution in [3.05, 3.63) is 77.0 Å². The molecule has 2 aromatic heterocycles. The van der Waals surface area contributed by atoms with Crippen LogP contribution in [-0.4, -0.2) is 77.5 Å². The normalized spacial score (nSPS) is 15.2. The summed E-state index contributed by atoms with van der Waals surface area (Å²) in [5.74, 6) is -1.76. The van der Waals surface area contributed by atoms with Gasteiger partial charge in [0.2, 0.25) is 0 Å². The van der Waals surface area contributed by atoms with Crippen molar-refractivity contribution in [2.75, 3.05) is 13.2 Å². The molecule has 0 aliphatic heterocycles. The maximum absolute atomic E-state index is 14.6. The summed E-state index contributed by atoms with van der Waals surface area (Å²) in [5, 5.41) is 14.6. The monoisotopic (exact) mass is 792 g/mol. The predicted octanol–water partition coefficient (Wildman–Crippen LogP) is 7.63. The largest absolute Gasteiger partial charge is 0.447 e. The highest BCUT2D eigenvalue weighted by atomic mass is 35.5. The number of ether oxygens (including phenoxy) is 1. The number of halogens is 6. The van der Waals surface area contributed by atoms with Crippen LogP contribution in [0.15, 0.2) is 60.0 Å². The molecule has 0 spiro atoms. The highest BCUT2D eigenvalue weighted by Crippen LogP contribution is 2.49. The van der Waals surface area contributed by atoms with Gasteiger partial charge in [-0.15, -0.1) is 0 Å². The van der Waals surface area contributed by atoms with E-state index in [1.807, 2.05) is 46.9 Å². The first kappa shape index (κ1) is 41.0. The molecule has 0 radical (unpaired) electrons. The molecule has 3 N–H and O–H groups in total. The van der Waals surface area contributed by atoms with Crippen LogP contribution in [0.25, 0.3) is 16.9 Å². The lowest BCUT2D eigenvalue weighted by molar-refractivity contribution is -0.164. The second-order valence-electron chi connectivity index (χ2n) is 15.4. The molecule has 19 heteroatoms. The fraction of sp³-hybridized carbons (Fsp3) is 0.472. The van der Waals surface area contributed by atoms with Crippen LogP contribution in [-0.2, 0) is 10.3 Å². The molecule has 1 saturated carbocycles. The van der Waals surface area contributed by atoms with Crippen molar-refractivity contribution in [3.8, 4) is 16.9 Å². The van der Waals surface area contributed by atoms with Gasteiger partial charge < -0.3 is 15.8 Å². The summed E-state index contributed by atoms with van der Waals surface area (Å²) in [6, 6.07) is 9.05. The van der Waals surface area contributed by atoms with Crippen LogP contribution in [0.4, 0.5) is 26.7 Å². The molecule has 2 amide bonds. The van der Waals surface area contributed by atoms with Gasteiger partial charge in [0, 0.05) is 17.7 Å². The number of nitrogens with zero attached hydrogens (tertiary/aromatic N) is 8. The Labute approximate surface area is 319 Å². The first-order valence-corrected chi connectivity index (χ1v) is 17.6. The quantitative estimate of drug-likeness (QED) is 0.0892. The molecule has 4 aromatic rings. The number of amides is 2. The van der Waals surface area contributed by atoms with E-state index in [2.05, 4.69) is 25.3 Å². The molecule has 0 saturated heterocycles. The SMILES string of the molecule is CC(C)(C)CCN=C(N)N(C(=O)c1ccc(-c2cnn(C(C)(C)C)n2)cc1)[C@H](COC(=O)NC1(C(F)(F)F)CC1)c1ccc(Cl)c(-n2ncnc2C(F)F)c1. The Morgan fingerprint density at radius 3 is 2.29 bits per heavy atom.